The molecule has 24 heavy (non-hydrogen) atoms. The number of carbonyl (C=O) groups excluding carboxylic acids is 1. The van der Waals surface area contributed by atoms with Crippen molar-refractivity contribution in [3.8, 4) is 5.69 Å². The van der Waals surface area contributed by atoms with Gasteiger partial charge in [-0.1, -0.05) is 31.4 Å². The molecule has 1 fully saturated rings. The minimum Gasteiger partial charge on any atom is -0.320 e. The summed E-state index contributed by atoms with van der Waals surface area (Å²) in [6.07, 6.45) is 5.43. The predicted molar refractivity (Wildman–Crippen MR) is 98.4 cm³/mol. The fourth-order valence-electron chi connectivity index (χ4n) is 3.21. The third kappa shape index (κ3) is 3.24. The maximum atomic E-state index is 12.8. The molecule has 0 spiro atoms. The van der Waals surface area contributed by atoms with E-state index in [4.69, 9.17) is 0 Å². The lowest BCUT2D eigenvalue weighted by atomic mass is 9.94. The SMILES string of the molecule is CCN(C(=O)n1nnn(-c2ccccc2I)c1=O)C1CCCCC1. The molecule has 1 heterocycles. The lowest BCUT2D eigenvalue weighted by molar-refractivity contribution is 0.157. The van der Waals surface area contributed by atoms with Crippen molar-refractivity contribution in [1.82, 2.24) is 24.7 Å². The first-order valence-corrected chi connectivity index (χ1v) is 9.32. The predicted octanol–water partition coefficient (Wildman–Crippen LogP) is 2.66. The van der Waals surface area contributed by atoms with Crippen molar-refractivity contribution in [2.45, 2.75) is 45.1 Å². The van der Waals surface area contributed by atoms with Gasteiger partial charge in [0.05, 0.1) is 5.69 Å². The second kappa shape index (κ2) is 7.45. The number of benzene rings is 1. The van der Waals surface area contributed by atoms with Crippen LogP contribution in [0.1, 0.15) is 39.0 Å². The summed E-state index contributed by atoms with van der Waals surface area (Å²) in [5.74, 6) is 0. The number of halogens is 1. The number of hydrogen-bond acceptors (Lipinski definition) is 4. The molecule has 128 valence electrons. The van der Waals surface area contributed by atoms with Crippen molar-refractivity contribution in [3.05, 3.63) is 38.3 Å². The van der Waals surface area contributed by atoms with Crippen molar-refractivity contribution in [2.75, 3.05) is 6.54 Å². The Kier molecular flexibility index (Phi) is 5.32. The van der Waals surface area contributed by atoms with Crippen molar-refractivity contribution in [3.63, 3.8) is 0 Å². The van der Waals surface area contributed by atoms with E-state index >= 15 is 0 Å². The van der Waals surface area contributed by atoms with Crippen LogP contribution in [0.3, 0.4) is 0 Å². The highest BCUT2D eigenvalue weighted by molar-refractivity contribution is 14.1. The summed E-state index contributed by atoms with van der Waals surface area (Å²) in [5, 5.41) is 7.71. The number of nitrogens with zero attached hydrogens (tertiary/aromatic N) is 5. The van der Waals surface area contributed by atoms with E-state index < -0.39 is 5.69 Å². The zero-order chi connectivity index (χ0) is 17.1. The number of carbonyl (C=O) groups is 1. The van der Waals surface area contributed by atoms with Gasteiger partial charge in [-0.3, -0.25) is 0 Å². The molecule has 0 atom stereocenters. The van der Waals surface area contributed by atoms with E-state index in [1.165, 1.54) is 11.1 Å². The van der Waals surface area contributed by atoms with Crippen LogP contribution < -0.4 is 5.69 Å². The first-order valence-electron chi connectivity index (χ1n) is 8.24. The van der Waals surface area contributed by atoms with Gasteiger partial charge >= 0.3 is 11.7 Å². The zero-order valence-corrected chi connectivity index (χ0v) is 15.7. The lowest BCUT2D eigenvalue weighted by Crippen LogP contribution is -2.47. The first-order chi connectivity index (χ1) is 11.6. The fourth-order valence-corrected chi connectivity index (χ4v) is 3.82. The number of para-hydroxylation sites is 1. The fraction of sp³-hybridized carbons (Fsp3) is 0.500. The van der Waals surface area contributed by atoms with E-state index in [1.54, 1.807) is 11.0 Å². The molecule has 8 heteroatoms. The van der Waals surface area contributed by atoms with Gasteiger partial charge in [0.1, 0.15) is 0 Å². The molecule has 1 aromatic carbocycles. The Morgan fingerprint density at radius 2 is 1.96 bits per heavy atom. The highest BCUT2D eigenvalue weighted by atomic mass is 127. The molecule has 1 aliphatic rings. The largest absolute Gasteiger partial charge is 0.377 e. The Balaban J connectivity index is 1.91. The molecule has 1 amide bonds. The van der Waals surface area contributed by atoms with Gasteiger partial charge < -0.3 is 4.90 Å². The van der Waals surface area contributed by atoms with Crippen molar-refractivity contribution < 1.29 is 4.79 Å². The minimum atomic E-state index is -0.529. The summed E-state index contributed by atoms with van der Waals surface area (Å²) in [4.78, 5) is 27.2. The van der Waals surface area contributed by atoms with Gasteiger partial charge in [-0.15, -0.1) is 4.68 Å². The molecular weight excluding hydrogens is 421 g/mol. The summed E-state index contributed by atoms with van der Waals surface area (Å²) in [5.41, 5.74) is 0.0984. The molecule has 1 aliphatic carbocycles. The van der Waals surface area contributed by atoms with Crippen LogP contribution >= 0.6 is 22.6 Å². The van der Waals surface area contributed by atoms with Crippen LogP contribution in [0.5, 0.6) is 0 Å². The summed E-state index contributed by atoms with van der Waals surface area (Å²) >= 11 is 2.13. The monoisotopic (exact) mass is 441 g/mol. The van der Waals surface area contributed by atoms with E-state index in [9.17, 15) is 9.59 Å². The van der Waals surface area contributed by atoms with E-state index in [0.717, 1.165) is 33.9 Å². The minimum absolute atomic E-state index is 0.185. The molecule has 3 rings (SSSR count). The first kappa shape index (κ1) is 17.1. The van der Waals surface area contributed by atoms with Gasteiger partial charge in [0, 0.05) is 16.2 Å². The Morgan fingerprint density at radius 1 is 1.25 bits per heavy atom. The summed E-state index contributed by atoms with van der Waals surface area (Å²) < 4.78 is 2.92. The van der Waals surface area contributed by atoms with Gasteiger partial charge in [-0.25, -0.2) is 9.59 Å². The normalized spacial score (nSPS) is 15.4. The van der Waals surface area contributed by atoms with Crippen LogP contribution in [-0.4, -0.2) is 43.3 Å². The maximum absolute atomic E-state index is 12.8. The van der Waals surface area contributed by atoms with Gasteiger partial charge in [-0.2, -0.15) is 4.68 Å². The van der Waals surface area contributed by atoms with Crippen LogP contribution in [0.4, 0.5) is 4.79 Å². The smallest absolute Gasteiger partial charge is 0.320 e. The molecule has 0 bridgehead atoms. The summed E-state index contributed by atoms with van der Waals surface area (Å²) in [6, 6.07) is 7.17. The maximum Gasteiger partial charge on any atom is 0.377 e. The zero-order valence-electron chi connectivity index (χ0n) is 13.6. The molecule has 1 saturated carbocycles. The average Bonchev–Trinajstić information content (AvgIpc) is 2.98. The van der Waals surface area contributed by atoms with E-state index in [0.29, 0.717) is 12.2 Å². The molecule has 0 aliphatic heterocycles. The van der Waals surface area contributed by atoms with Crippen molar-refractivity contribution in [2.24, 2.45) is 0 Å². The van der Waals surface area contributed by atoms with Gasteiger partial charge in [-0.05, 0) is 64.9 Å². The Labute approximate surface area is 153 Å². The number of aromatic nitrogens is 4. The molecule has 2 aromatic rings. The Hall–Kier alpha value is -1.71. The third-order valence-electron chi connectivity index (χ3n) is 4.44. The number of rotatable bonds is 3. The number of amides is 1. The standard InChI is InChI=1S/C16H20IN5O2/c1-2-20(12-8-4-3-5-9-12)15(23)22-16(24)21(18-19-22)14-11-7-6-10-13(14)17/h6-7,10-12H,2-5,8-9H2,1H3. The average molecular weight is 441 g/mol. The summed E-state index contributed by atoms with van der Waals surface area (Å²) in [7, 11) is 0. The molecular formula is C16H20IN5O2. The molecule has 0 radical (unpaired) electrons. The van der Waals surface area contributed by atoms with Crippen molar-refractivity contribution in [1.29, 1.82) is 0 Å². The van der Waals surface area contributed by atoms with E-state index in [-0.39, 0.29) is 12.1 Å². The Morgan fingerprint density at radius 3 is 2.62 bits per heavy atom. The van der Waals surface area contributed by atoms with Crippen LogP contribution in [0.15, 0.2) is 29.1 Å². The van der Waals surface area contributed by atoms with Crippen LogP contribution in [0, 0.1) is 3.57 Å². The van der Waals surface area contributed by atoms with Crippen molar-refractivity contribution >= 4 is 28.6 Å². The number of hydrogen-bond donors (Lipinski definition) is 0. The number of tetrazole rings is 1. The van der Waals surface area contributed by atoms with E-state index in [2.05, 4.69) is 33.0 Å². The van der Waals surface area contributed by atoms with Crippen LogP contribution in [0.25, 0.3) is 5.69 Å². The molecule has 0 unspecified atom stereocenters. The van der Waals surface area contributed by atoms with E-state index in [1.807, 2.05) is 25.1 Å². The summed E-state index contributed by atoms with van der Waals surface area (Å²) in [6.45, 7) is 2.49. The highest BCUT2D eigenvalue weighted by Gasteiger charge is 2.28. The molecule has 7 nitrogen and oxygen atoms in total. The topological polar surface area (TPSA) is 73.0 Å². The third-order valence-corrected chi connectivity index (χ3v) is 5.36. The Bertz CT molecular complexity index is 779. The second-order valence-corrected chi connectivity index (χ2v) is 7.06. The quantitative estimate of drug-likeness (QED) is 0.543. The molecule has 1 aromatic heterocycles. The lowest BCUT2D eigenvalue weighted by Gasteiger charge is -2.32. The van der Waals surface area contributed by atoms with Crippen LogP contribution in [-0.2, 0) is 0 Å². The molecule has 0 N–H and O–H groups in total. The van der Waals surface area contributed by atoms with Gasteiger partial charge in [0.15, 0.2) is 0 Å². The second-order valence-electron chi connectivity index (χ2n) is 5.90. The highest BCUT2D eigenvalue weighted by Crippen LogP contribution is 2.22. The van der Waals surface area contributed by atoms with Crippen LogP contribution in [0.2, 0.25) is 0 Å². The van der Waals surface area contributed by atoms with Gasteiger partial charge in [0.25, 0.3) is 0 Å². The van der Waals surface area contributed by atoms with Gasteiger partial charge in [0.2, 0.25) is 0 Å². The molecule has 0 saturated heterocycles.